The second-order valence-corrected chi connectivity index (χ2v) is 5.58. The summed E-state index contributed by atoms with van der Waals surface area (Å²) in [4.78, 5) is 0. The third-order valence-electron chi connectivity index (χ3n) is 3.59. The molecule has 0 aliphatic rings. The molecule has 1 nitrogen and oxygen atoms in total. The molecule has 1 N–H and O–H groups in total. The molecule has 0 spiro atoms. The SMILES string of the molecule is CNC(Cc1ccc(Cl)cc1F)c1ccc(C)cc1C. The van der Waals surface area contributed by atoms with E-state index in [1.807, 2.05) is 7.05 Å². The van der Waals surface area contributed by atoms with Crippen molar-refractivity contribution in [2.45, 2.75) is 26.3 Å². The van der Waals surface area contributed by atoms with Gasteiger partial charge in [0.2, 0.25) is 0 Å². The minimum absolute atomic E-state index is 0.0891. The topological polar surface area (TPSA) is 12.0 Å². The van der Waals surface area contributed by atoms with E-state index in [9.17, 15) is 4.39 Å². The van der Waals surface area contributed by atoms with E-state index in [0.29, 0.717) is 17.0 Å². The Balaban J connectivity index is 2.28. The number of benzene rings is 2. The van der Waals surface area contributed by atoms with Crippen LogP contribution in [0.1, 0.15) is 28.3 Å². The van der Waals surface area contributed by atoms with Gasteiger partial charge in [-0.15, -0.1) is 0 Å². The third kappa shape index (κ3) is 3.38. The third-order valence-corrected chi connectivity index (χ3v) is 3.82. The predicted octanol–water partition coefficient (Wildman–Crippen LogP) is 4.60. The van der Waals surface area contributed by atoms with Crippen molar-refractivity contribution < 1.29 is 4.39 Å². The van der Waals surface area contributed by atoms with Gasteiger partial charge in [-0.3, -0.25) is 0 Å². The Morgan fingerprint density at radius 2 is 1.90 bits per heavy atom. The maximum Gasteiger partial charge on any atom is 0.127 e. The molecule has 1 atom stereocenters. The summed E-state index contributed by atoms with van der Waals surface area (Å²) in [5.41, 5.74) is 4.33. The van der Waals surface area contributed by atoms with Crippen molar-refractivity contribution in [2.75, 3.05) is 7.05 Å². The van der Waals surface area contributed by atoms with Crippen LogP contribution in [-0.4, -0.2) is 7.05 Å². The van der Waals surface area contributed by atoms with Gasteiger partial charge >= 0.3 is 0 Å². The van der Waals surface area contributed by atoms with Crippen LogP contribution in [0.5, 0.6) is 0 Å². The summed E-state index contributed by atoms with van der Waals surface area (Å²) in [6, 6.07) is 11.3. The van der Waals surface area contributed by atoms with Gasteiger partial charge in [-0.1, -0.05) is 41.4 Å². The molecule has 0 saturated carbocycles. The van der Waals surface area contributed by atoms with Crippen molar-refractivity contribution in [1.29, 1.82) is 0 Å². The molecule has 0 amide bonds. The van der Waals surface area contributed by atoms with Crippen molar-refractivity contribution in [2.24, 2.45) is 0 Å². The molecule has 0 aliphatic heterocycles. The van der Waals surface area contributed by atoms with E-state index in [1.165, 1.54) is 22.8 Å². The van der Waals surface area contributed by atoms with E-state index in [2.05, 4.69) is 37.4 Å². The zero-order valence-corrected chi connectivity index (χ0v) is 12.8. The van der Waals surface area contributed by atoms with Crippen LogP contribution in [0.15, 0.2) is 36.4 Å². The zero-order valence-electron chi connectivity index (χ0n) is 12.0. The second kappa shape index (κ2) is 6.38. The molecule has 0 saturated heterocycles. The molecular formula is C17H19ClFN. The molecule has 2 aromatic rings. The minimum atomic E-state index is -0.248. The quantitative estimate of drug-likeness (QED) is 0.868. The van der Waals surface area contributed by atoms with Crippen LogP contribution in [0.4, 0.5) is 4.39 Å². The van der Waals surface area contributed by atoms with Crippen LogP contribution in [0.25, 0.3) is 0 Å². The Morgan fingerprint density at radius 3 is 2.50 bits per heavy atom. The van der Waals surface area contributed by atoms with Crippen LogP contribution in [0, 0.1) is 19.7 Å². The van der Waals surface area contributed by atoms with E-state index in [4.69, 9.17) is 11.6 Å². The van der Waals surface area contributed by atoms with Gasteiger partial charge < -0.3 is 5.32 Å². The fourth-order valence-corrected chi connectivity index (χ4v) is 2.65. The van der Waals surface area contributed by atoms with Crippen molar-refractivity contribution >= 4 is 11.6 Å². The molecular weight excluding hydrogens is 273 g/mol. The van der Waals surface area contributed by atoms with Crippen molar-refractivity contribution in [3.8, 4) is 0 Å². The minimum Gasteiger partial charge on any atom is -0.313 e. The lowest BCUT2D eigenvalue weighted by Gasteiger charge is -2.20. The number of hydrogen-bond acceptors (Lipinski definition) is 1. The molecule has 0 aliphatic carbocycles. The first-order valence-electron chi connectivity index (χ1n) is 6.69. The molecule has 0 heterocycles. The van der Waals surface area contributed by atoms with E-state index >= 15 is 0 Å². The summed E-state index contributed by atoms with van der Waals surface area (Å²) in [5, 5.41) is 3.70. The normalized spacial score (nSPS) is 12.4. The van der Waals surface area contributed by atoms with Gasteiger partial charge in [0, 0.05) is 11.1 Å². The second-order valence-electron chi connectivity index (χ2n) is 5.14. The summed E-state index contributed by atoms with van der Waals surface area (Å²) in [5.74, 6) is -0.248. The summed E-state index contributed by atoms with van der Waals surface area (Å²) < 4.78 is 13.9. The lowest BCUT2D eigenvalue weighted by atomic mass is 9.94. The number of halogens is 2. The molecule has 1 unspecified atom stereocenters. The Bertz CT molecular complexity index is 610. The van der Waals surface area contributed by atoms with Crippen LogP contribution in [-0.2, 0) is 6.42 Å². The van der Waals surface area contributed by atoms with Gasteiger partial charge in [0.15, 0.2) is 0 Å². The summed E-state index contributed by atoms with van der Waals surface area (Å²) in [7, 11) is 1.90. The van der Waals surface area contributed by atoms with Gasteiger partial charge in [0.25, 0.3) is 0 Å². The molecule has 2 aromatic carbocycles. The molecule has 20 heavy (non-hydrogen) atoms. The fraction of sp³-hybridized carbons (Fsp3) is 0.294. The molecule has 0 aromatic heterocycles. The van der Waals surface area contributed by atoms with Gasteiger partial charge in [-0.05, 0) is 56.1 Å². The number of likely N-dealkylation sites (N-methyl/N-ethyl adjacent to an activating group) is 1. The number of rotatable bonds is 4. The molecule has 2 rings (SSSR count). The highest BCUT2D eigenvalue weighted by molar-refractivity contribution is 6.30. The summed E-state index contributed by atoms with van der Waals surface area (Å²) in [6.07, 6.45) is 0.601. The van der Waals surface area contributed by atoms with E-state index in [-0.39, 0.29) is 11.9 Å². The van der Waals surface area contributed by atoms with Gasteiger partial charge in [-0.25, -0.2) is 4.39 Å². The Hall–Kier alpha value is -1.38. The first kappa shape index (κ1) is 15.0. The van der Waals surface area contributed by atoms with Crippen molar-refractivity contribution in [3.05, 3.63) is 69.5 Å². The van der Waals surface area contributed by atoms with Crippen LogP contribution in [0.2, 0.25) is 5.02 Å². The maximum atomic E-state index is 13.9. The lowest BCUT2D eigenvalue weighted by molar-refractivity contribution is 0.552. The first-order valence-corrected chi connectivity index (χ1v) is 7.07. The summed E-state index contributed by atoms with van der Waals surface area (Å²) in [6.45, 7) is 4.16. The van der Waals surface area contributed by atoms with Gasteiger partial charge in [-0.2, -0.15) is 0 Å². The Kier molecular flexibility index (Phi) is 4.79. The van der Waals surface area contributed by atoms with Crippen LogP contribution >= 0.6 is 11.6 Å². The monoisotopic (exact) mass is 291 g/mol. The highest BCUT2D eigenvalue weighted by atomic mass is 35.5. The Labute approximate surface area is 124 Å². The van der Waals surface area contributed by atoms with Crippen LogP contribution < -0.4 is 5.32 Å². The fourth-order valence-electron chi connectivity index (χ4n) is 2.49. The standard InChI is InChI=1S/C17H19ClFN/c1-11-4-7-15(12(2)8-11)17(20-3)9-13-5-6-14(18)10-16(13)19/h4-8,10,17,20H,9H2,1-3H3. The van der Waals surface area contributed by atoms with E-state index in [1.54, 1.807) is 12.1 Å². The average molecular weight is 292 g/mol. The molecule has 0 fully saturated rings. The largest absolute Gasteiger partial charge is 0.313 e. The molecule has 0 bridgehead atoms. The summed E-state index contributed by atoms with van der Waals surface area (Å²) >= 11 is 5.79. The number of aryl methyl sites for hydroxylation is 2. The van der Waals surface area contributed by atoms with E-state index < -0.39 is 0 Å². The number of nitrogens with one attached hydrogen (secondary N) is 1. The Morgan fingerprint density at radius 1 is 1.15 bits per heavy atom. The van der Waals surface area contributed by atoms with E-state index in [0.717, 1.165) is 0 Å². The predicted molar refractivity (Wildman–Crippen MR) is 82.8 cm³/mol. The molecule has 3 heteroatoms. The average Bonchev–Trinajstić information content (AvgIpc) is 2.39. The van der Waals surface area contributed by atoms with Gasteiger partial charge in [0.1, 0.15) is 5.82 Å². The molecule has 106 valence electrons. The van der Waals surface area contributed by atoms with Crippen molar-refractivity contribution in [1.82, 2.24) is 5.32 Å². The number of hydrogen-bond donors (Lipinski definition) is 1. The maximum absolute atomic E-state index is 13.9. The molecule has 0 radical (unpaired) electrons. The van der Waals surface area contributed by atoms with Crippen LogP contribution in [0.3, 0.4) is 0 Å². The smallest absolute Gasteiger partial charge is 0.127 e. The zero-order chi connectivity index (χ0) is 14.7. The van der Waals surface area contributed by atoms with Gasteiger partial charge in [0.05, 0.1) is 0 Å². The first-order chi connectivity index (χ1) is 9.51. The highest BCUT2D eigenvalue weighted by Gasteiger charge is 2.15. The van der Waals surface area contributed by atoms with Crippen molar-refractivity contribution in [3.63, 3.8) is 0 Å². The lowest BCUT2D eigenvalue weighted by Crippen LogP contribution is -2.20. The highest BCUT2D eigenvalue weighted by Crippen LogP contribution is 2.24.